The van der Waals surface area contributed by atoms with E-state index in [0.717, 1.165) is 18.0 Å². The minimum atomic E-state index is -0.669. The maximum absolute atomic E-state index is 11.4. The highest BCUT2D eigenvalue weighted by atomic mass is 32.1. The second kappa shape index (κ2) is 4.28. The molecule has 1 aliphatic heterocycles. The van der Waals surface area contributed by atoms with Crippen LogP contribution in [-0.2, 0) is 11.2 Å². The smallest absolute Gasteiger partial charge is 0.310 e. The third-order valence-corrected chi connectivity index (χ3v) is 3.79. The minimum Gasteiger partial charge on any atom is -0.481 e. The number of aliphatic carboxylic acids is 1. The molecule has 0 radical (unpaired) electrons. The quantitative estimate of drug-likeness (QED) is 0.811. The number of carbonyl (C=O) groups is 1. The summed E-state index contributed by atoms with van der Waals surface area (Å²) in [5.41, 5.74) is 1.18. The highest BCUT2D eigenvalue weighted by molar-refractivity contribution is 7.09. The standard InChI is InChI=1S/C10H14N2O2S/c13-9(14)10(1-3-11-4-2-10)5-8-6-12-7-15-8/h6-7,11H,1-5H2,(H,13,14). The van der Waals surface area contributed by atoms with E-state index in [9.17, 15) is 9.90 Å². The van der Waals surface area contributed by atoms with Gasteiger partial charge in [-0.3, -0.25) is 9.78 Å². The molecule has 15 heavy (non-hydrogen) atoms. The van der Waals surface area contributed by atoms with Crippen LogP contribution in [0.4, 0.5) is 0 Å². The number of carboxylic acid groups (broad SMARTS) is 1. The highest BCUT2D eigenvalue weighted by Gasteiger charge is 2.39. The van der Waals surface area contributed by atoms with E-state index in [1.807, 2.05) is 0 Å². The van der Waals surface area contributed by atoms with Crippen LogP contribution in [0, 0.1) is 5.41 Å². The van der Waals surface area contributed by atoms with Crippen molar-refractivity contribution in [2.45, 2.75) is 19.3 Å². The normalized spacial score (nSPS) is 20.0. The summed E-state index contributed by atoms with van der Waals surface area (Å²) in [6, 6.07) is 0. The third kappa shape index (κ3) is 2.18. The number of carboxylic acids is 1. The van der Waals surface area contributed by atoms with Gasteiger partial charge in [-0.1, -0.05) is 0 Å². The molecule has 0 atom stereocenters. The predicted octanol–water partition coefficient (Wildman–Crippen LogP) is 1.14. The Hall–Kier alpha value is -0.940. The first-order chi connectivity index (χ1) is 7.23. The van der Waals surface area contributed by atoms with Gasteiger partial charge < -0.3 is 10.4 Å². The van der Waals surface area contributed by atoms with E-state index in [0.29, 0.717) is 19.3 Å². The van der Waals surface area contributed by atoms with Gasteiger partial charge in [-0.2, -0.15) is 0 Å². The van der Waals surface area contributed by atoms with Crippen LogP contribution in [0.5, 0.6) is 0 Å². The van der Waals surface area contributed by atoms with Crippen molar-refractivity contribution >= 4 is 17.3 Å². The topological polar surface area (TPSA) is 62.2 Å². The summed E-state index contributed by atoms with van der Waals surface area (Å²) in [6.45, 7) is 1.59. The number of piperidine rings is 1. The molecule has 2 N–H and O–H groups in total. The zero-order valence-electron chi connectivity index (χ0n) is 8.40. The van der Waals surface area contributed by atoms with E-state index in [1.54, 1.807) is 11.7 Å². The summed E-state index contributed by atoms with van der Waals surface area (Å²) in [4.78, 5) is 16.4. The van der Waals surface area contributed by atoms with Crippen molar-refractivity contribution in [1.82, 2.24) is 10.3 Å². The number of nitrogens with one attached hydrogen (secondary N) is 1. The molecule has 1 saturated heterocycles. The van der Waals surface area contributed by atoms with Gasteiger partial charge in [0.05, 0.1) is 10.9 Å². The van der Waals surface area contributed by atoms with Crippen molar-refractivity contribution in [3.8, 4) is 0 Å². The van der Waals surface area contributed by atoms with Gasteiger partial charge in [0, 0.05) is 11.1 Å². The van der Waals surface area contributed by atoms with Crippen LogP contribution in [0.1, 0.15) is 17.7 Å². The van der Waals surface area contributed by atoms with Crippen molar-refractivity contribution < 1.29 is 9.90 Å². The second-order valence-electron chi connectivity index (χ2n) is 3.98. The molecule has 2 rings (SSSR count). The Labute approximate surface area is 92.3 Å². The Balaban J connectivity index is 2.15. The lowest BCUT2D eigenvalue weighted by atomic mass is 9.76. The molecule has 0 aliphatic carbocycles. The van der Waals surface area contributed by atoms with Crippen molar-refractivity contribution in [3.05, 3.63) is 16.6 Å². The summed E-state index contributed by atoms with van der Waals surface area (Å²) < 4.78 is 0. The highest BCUT2D eigenvalue weighted by Crippen LogP contribution is 2.34. The number of hydrogen-bond donors (Lipinski definition) is 2. The van der Waals surface area contributed by atoms with Crippen molar-refractivity contribution in [2.75, 3.05) is 13.1 Å². The molecule has 1 aliphatic rings. The average Bonchev–Trinajstić information content (AvgIpc) is 2.71. The van der Waals surface area contributed by atoms with Crippen molar-refractivity contribution in [1.29, 1.82) is 0 Å². The first-order valence-corrected chi connectivity index (χ1v) is 5.92. The maximum atomic E-state index is 11.4. The zero-order chi connectivity index (χ0) is 10.7. The third-order valence-electron chi connectivity index (χ3n) is 3.01. The molecule has 1 aromatic rings. The predicted molar refractivity (Wildman–Crippen MR) is 58.0 cm³/mol. The van der Waals surface area contributed by atoms with Gasteiger partial charge in [0.25, 0.3) is 0 Å². The molecule has 0 spiro atoms. The summed E-state index contributed by atoms with van der Waals surface area (Å²) in [5, 5.41) is 12.5. The molecule has 0 unspecified atom stereocenters. The van der Waals surface area contributed by atoms with Crippen LogP contribution < -0.4 is 5.32 Å². The summed E-state index contributed by atoms with van der Waals surface area (Å²) in [7, 11) is 0. The van der Waals surface area contributed by atoms with E-state index in [2.05, 4.69) is 10.3 Å². The lowest BCUT2D eigenvalue weighted by Gasteiger charge is -2.33. The first-order valence-electron chi connectivity index (χ1n) is 5.04. The molecular formula is C10H14N2O2S. The fourth-order valence-corrected chi connectivity index (χ4v) is 2.77. The number of hydrogen-bond acceptors (Lipinski definition) is 4. The number of aromatic nitrogens is 1. The van der Waals surface area contributed by atoms with Gasteiger partial charge in [-0.15, -0.1) is 11.3 Å². The second-order valence-corrected chi connectivity index (χ2v) is 4.95. The number of nitrogens with zero attached hydrogens (tertiary/aromatic N) is 1. The lowest BCUT2D eigenvalue weighted by Crippen LogP contribution is -2.43. The lowest BCUT2D eigenvalue weighted by molar-refractivity contribution is -0.150. The maximum Gasteiger partial charge on any atom is 0.310 e. The first kappa shape index (κ1) is 10.6. The number of thiazole rings is 1. The average molecular weight is 226 g/mol. The van der Waals surface area contributed by atoms with Crippen LogP contribution in [0.25, 0.3) is 0 Å². The van der Waals surface area contributed by atoms with E-state index in [-0.39, 0.29) is 0 Å². The van der Waals surface area contributed by atoms with E-state index in [1.165, 1.54) is 11.3 Å². The molecule has 4 nitrogen and oxygen atoms in total. The van der Waals surface area contributed by atoms with Crippen molar-refractivity contribution in [2.24, 2.45) is 5.41 Å². The SMILES string of the molecule is O=C(O)C1(Cc2cncs2)CCNCC1. The Bertz CT molecular complexity index is 331. The molecule has 2 heterocycles. The Kier molecular flexibility index (Phi) is 3.02. The molecule has 1 fully saturated rings. The monoisotopic (exact) mass is 226 g/mol. The molecule has 0 aromatic carbocycles. The summed E-state index contributed by atoms with van der Waals surface area (Å²) >= 11 is 1.54. The van der Waals surface area contributed by atoms with Crippen LogP contribution in [0.15, 0.2) is 11.7 Å². The Morgan fingerprint density at radius 3 is 2.87 bits per heavy atom. The fourth-order valence-electron chi connectivity index (χ4n) is 2.03. The molecule has 1 aromatic heterocycles. The molecular weight excluding hydrogens is 212 g/mol. The van der Waals surface area contributed by atoms with Gasteiger partial charge in [-0.05, 0) is 32.4 Å². The Morgan fingerprint density at radius 2 is 2.33 bits per heavy atom. The molecule has 0 amide bonds. The molecule has 82 valence electrons. The molecule has 0 saturated carbocycles. The van der Waals surface area contributed by atoms with Crippen molar-refractivity contribution in [3.63, 3.8) is 0 Å². The van der Waals surface area contributed by atoms with Gasteiger partial charge in [-0.25, -0.2) is 0 Å². The number of rotatable bonds is 3. The fraction of sp³-hybridized carbons (Fsp3) is 0.600. The Morgan fingerprint density at radius 1 is 1.60 bits per heavy atom. The van der Waals surface area contributed by atoms with Gasteiger partial charge in [0.15, 0.2) is 0 Å². The van der Waals surface area contributed by atoms with Gasteiger partial charge in [0.1, 0.15) is 0 Å². The zero-order valence-corrected chi connectivity index (χ0v) is 9.22. The van der Waals surface area contributed by atoms with E-state index in [4.69, 9.17) is 0 Å². The van der Waals surface area contributed by atoms with E-state index < -0.39 is 11.4 Å². The van der Waals surface area contributed by atoms with Gasteiger partial charge >= 0.3 is 5.97 Å². The molecule has 5 heteroatoms. The van der Waals surface area contributed by atoms with Crippen LogP contribution >= 0.6 is 11.3 Å². The summed E-state index contributed by atoms with van der Waals surface area (Å²) in [6.07, 6.45) is 3.81. The molecule has 0 bridgehead atoms. The van der Waals surface area contributed by atoms with E-state index >= 15 is 0 Å². The summed E-state index contributed by atoms with van der Waals surface area (Å²) in [5.74, 6) is -0.669. The van der Waals surface area contributed by atoms with Gasteiger partial charge in [0.2, 0.25) is 0 Å². The van der Waals surface area contributed by atoms with Crippen LogP contribution in [0.2, 0.25) is 0 Å². The minimum absolute atomic E-state index is 0.572. The largest absolute Gasteiger partial charge is 0.481 e. The van der Waals surface area contributed by atoms with Crippen LogP contribution in [-0.4, -0.2) is 29.1 Å². The van der Waals surface area contributed by atoms with Crippen LogP contribution in [0.3, 0.4) is 0 Å².